The first-order chi connectivity index (χ1) is 19.8. The third-order valence-corrected chi connectivity index (χ3v) is 8.56. The number of hydrogen-bond donors (Lipinski definition) is 1. The second kappa shape index (κ2) is 9.55. The molecule has 0 fully saturated rings. The summed E-state index contributed by atoms with van der Waals surface area (Å²) in [5.74, 6) is 0.679. The molecule has 41 heavy (non-hydrogen) atoms. The minimum absolute atomic E-state index is 0.0369. The molecule has 0 aliphatic carbocycles. The molecular formula is C30H32N8O3. The number of carbonyl (C=O) groups is 1. The second-order valence-corrected chi connectivity index (χ2v) is 11.3. The van der Waals surface area contributed by atoms with E-state index in [0.717, 1.165) is 31.5 Å². The van der Waals surface area contributed by atoms with E-state index >= 15 is 0 Å². The van der Waals surface area contributed by atoms with E-state index in [-0.39, 0.29) is 23.6 Å². The first-order valence-corrected chi connectivity index (χ1v) is 14.0. The fourth-order valence-corrected chi connectivity index (χ4v) is 5.96. The zero-order valence-corrected chi connectivity index (χ0v) is 23.4. The molecule has 6 heterocycles. The van der Waals surface area contributed by atoms with E-state index in [2.05, 4.69) is 53.2 Å². The van der Waals surface area contributed by atoms with E-state index in [1.54, 1.807) is 26.7 Å². The molecule has 4 aromatic rings. The number of likely N-dealkylation sites (N-methyl/N-ethyl adjacent to an activating group) is 1. The fraction of sp³-hybridized carbons (Fsp3) is 0.367. The summed E-state index contributed by atoms with van der Waals surface area (Å²) in [5.41, 5.74) is 4.86. The number of benzene rings is 1. The molecule has 0 unspecified atom stereocenters. The second-order valence-electron chi connectivity index (χ2n) is 11.3. The van der Waals surface area contributed by atoms with Crippen molar-refractivity contribution >= 4 is 34.3 Å². The van der Waals surface area contributed by atoms with Crippen molar-refractivity contribution in [1.82, 2.24) is 29.2 Å². The minimum Gasteiger partial charge on any atom is -0.466 e. The van der Waals surface area contributed by atoms with Crippen LogP contribution < -0.4 is 20.5 Å². The van der Waals surface area contributed by atoms with Gasteiger partial charge in [0.25, 0.3) is 11.5 Å². The quantitative estimate of drug-likeness (QED) is 0.376. The van der Waals surface area contributed by atoms with Gasteiger partial charge in [-0.25, -0.2) is 19.3 Å². The Morgan fingerprint density at radius 1 is 1.05 bits per heavy atom. The van der Waals surface area contributed by atoms with Gasteiger partial charge in [-0.1, -0.05) is 18.2 Å². The number of hydrogen-bond acceptors (Lipinski definition) is 8. The van der Waals surface area contributed by atoms with Crippen molar-refractivity contribution in [1.29, 1.82) is 0 Å². The van der Waals surface area contributed by atoms with Gasteiger partial charge in [0.05, 0.1) is 18.4 Å². The number of nitrogens with one attached hydrogen (secondary N) is 1. The average Bonchev–Trinajstić information content (AvgIpc) is 3.23. The maximum Gasteiger partial charge on any atom is 0.278 e. The molecule has 11 nitrogen and oxygen atoms in total. The average molecular weight is 553 g/mol. The number of pyridine rings is 1. The lowest BCUT2D eigenvalue weighted by atomic mass is 9.83. The third kappa shape index (κ3) is 4.19. The summed E-state index contributed by atoms with van der Waals surface area (Å²) in [6.45, 7) is 6.38. The van der Waals surface area contributed by atoms with Crippen LogP contribution in [0.15, 0.2) is 53.6 Å². The van der Waals surface area contributed by atoms with Crippen molar-refractivity contribution in [2.75, 3.05) is 37.0 Å². The highest BCUT2D eigenvalue weighted by molar-refractivity contribution is 5.97. The number of rotatable bonds is 2. The maximum absolute atomic E-state index is 13.6. The van der Waals surface area contributed by atoms with Crippen LogP contribution in [0.5, 0.6) is 5.88 Å². The standard InChI is InChI=1S/C30H32N8O3/c1-30(2)23-14-20(9-8-19(23)10-13-35(30)3)33-29-32-17-22-26(34-29)38-21-15-24-27(31-16-21)41-18-25(39)36(24)11-6-4-5-7-12-37(38)28(22)40/h5,7-9,14-17H,4,6,10-13,18H2,1-3H3,(H,32,33,34). The van der Waals surface area contributed by atoms with Gasteiger partial charge in [0.2, 0.25) is 11.8 Å². The van der Waals surface area contributed by atoms with Crippen LogP contribution in [0.4, 0.5) is 17.3 Å². The van der Waals surface area contributed by atoms with Gasteiger partial charge < -0.3 is 15.0 Å². The summed E-state index contributed by atoms with van der Waals surface area (Å²) >= 11 is 0. The summed E-state index contributed by atoms with van der Waals surface area (Å²) in [7, 11) is 2.15. The highest BCUT2D eigenvalue weighted by Crippen LogP contribution is 2.36. The Kier molecular flexibility index (Phi) is 5.93. The lowest BCUT2D eigenvalue weighted by molar-refractivity contribution is -0.121. The topological polar surface area (TPSA) is 110 Å². The summed E-state index contributed by atoms with van der Waals surface area (Å²) < 4.78 is 8.99. The molecule has 210 valence electrons. The van der Waals surface area contributed by atoms with Crippen molar-refractivity contribution < 1.29 is 9.53 Å². The summed E-state index contributed by atoms with van der Waals surface area (Å²) in [5, 5.41) is 3.76. The zero-order valence-electron chi connectivity index (χ0n) is 23.4. The molecule has 1 N–H and O–H groups in total. The number of amides is 1. The van der Waals surface area contributed by atoms with Gasteiger partial charge in [-0.2, -0.15) is 4.98 Å². The van der Waals surface area contributed by atoms with Crippen molar-refractivity contribution in [3.05, 3.63) is 70.3 Å². The molecule has 0 saturated carbocycles. The fourth-order valence-electron chi connectivity index (χ4n) is 5.96. The van der Waals surface area contributed by atoms with Crippen molar-refractivity contribution in [2.24, 2.45) is 0 Å². The molecule has 0 radical (unpaired) electrons. The Balaban J connectivity index is 1.35. The molecule has 3 aromatic heterocycles. The molecule has 3 aliphatic heterocycles. The molecule has 0 atom stereocenters. The first kappa shape index (κ1) is 25.5. The molecule has 7 rings (SSSR count). The lowest BCUT2D eigenvalue weighted by Crippen LogP contribution is -2.43. The van der Waals surface area contributed by atoms with Crippen molar-refractivity contribution in [2.45, 2.75) is 45.2 Å². The summed E-state index contributed by atoms with van der Waals surface area (Å²) in [6, 6.07) is 8.23. The van der Waals surface area contributed by atoms with Crippen molar-refractivity contribution in [3.8, 4) is 11.6 Å². The van der Waals surface area contributed by atoms with Crippen LogP contribution in [0.1, 0.15) is 37.8 Å². The van der Waals surface area contributed by atoms with Gasteiger partial charge in [0.1, 0.15) is 11.1 Å². The largest absolute Gasteiger partial charge is 0.466 e. The van der Waals surface area contributed by atoms with Gasteiger partial charge >= 0.3 is 0 Å². The number of allylic oxidation sites excluding steroid dienone is 2. The molecule has 11 heteroatoms. The normalized spacial score (nSPS) is 18.2. The van der Waals surface area contributed by atoms with Crippen LogP contribution in [0, 0.1) is 0 Å². The SMILES string of the molecule is CN1CCc2ccc(Nc3ncc4c(=O)n5n(c4n3)-c3cnc4c(c3)N(CCCC=CC5)C(=O)CO4)cc2C1(C)C. The Labute approximate surface area is 237 Å². The van der Waals surface area contributed by atoms with E-state index in [1.807, 2.05) is 24.3 Å². The van der Waals surface area contributed by atoms with E-state index in [4.69, 9.17) is 9.72 Å². The molecule has 0 saturated heterocycles. The molecule has 1 amide bonds. The molecule has 0 spiro atoms. The highest BCUT2D eigenvalue weighted by atomic mass is 16.5. The Morgan fingerprint density at radius 2 is 1.93 bits per heavy atom. The Bertz CT molecular complexity index is 1790. The monoisotopic (exact) mass is 552 g/mol. The number of anilines is 3. The molecule has 1 aromatic carbocycles. The Morgan fingerprint density at radius 3 is 2.80 bits per heavy atom. The van der Waals surface area contributed by atoms with E-state index in [9.17, 15) is 9.59 Å². The number of ether oxygens (including phenoxy) is 1. The zero-order chi connectivity index (χ0) is 28.3. The van der Waals surface area contributed by atoms with Gasteiger partial charge in [0.15, 0.2) is 12.3 Å². The maximum atomic E-state index is 13.6. The number of aromatic nitrogens is 5. The number of nitrogens with zero attached hydrogens (tertiary/aromatic N) is 7. The lowest BCUT2D eigenvalue weighted by Gasteiger charge is -2.41. The van der Waals surface area contributed by atoms with Crippen LogP contribution in [0.3, 0.4) is 0 Å². The predicted octanol–water partition coefficient (Wildman–Crippen LogP) is 3.52. The third-order valence-electron chi connectivity index (χ3n) is 8.56. The smallest absolute Gasteiger partial charge is 0.278 e. The first-order valence-electron chi connectivity index (χ1n) is 14.0. The highest BCUT2D eigenvalue weighted by Gasteiger charge is 2.32. The van der Waals surface area contributed by atoms with Crippen LogP contribution in [-0.4, -0.2) is 61.9 Å². The minimum atomic E-state index is -0.200. The molecular weight excluding hydrogens is 520 g/mol. The van der Waals surface area contributed by atoms with E-state index in [0.29, 0.717) is 47.3 Å². The van der Waals surface area contributed by atoms with Crippen LogP contribution in [0.2, 0.25) is 0 Å². The van der Waals surface area contributed by atoms with E-state index < -0.39 is 0 Å². The summed E-state index contributed by atoms with van der Waals surface area (Å²) in [4.78, 5) is 44.2. The predicted molar refractivity (Wildman–Crippen MR) is 156 cm³/mol. The van der Waals surface area contributed by atoms with Gasteiger partial charge in [-0.15, -0.1) is 0 Å². The number of fused-ring (bicyclic) bond motifs is 6. The Hall–Kier alpha value is -4.51. The summed E-state index contributed by atoms with van der Waals surface area (Å²) in [6.07, 6.45) is 9.82. The number of carbonyl (C=O) groups excluding carboxylic acids is 1. The van der Waals surface area contributed by atoms with E-state index in [1.165, 1.54) is 11.1 Å². The molecule has 3 aliphatic rings. The van der Waals surface area contributed by atoms with Crippen LogP contribution in [-0.2, 0) is 23.3 Å². The van der Waals surface area contributed by atoms with Gasteiger partial charge in [-0.05, 0) is 69.5 Å². The van der Waals surface area contributed by atoms with Crippen LogP contribution >= 0.6 is 0 Å². The van der Waals surface area contributed by atoms with Crippen molar-refractivity contribution in [3.63, 3.8) is 0 Å². The van der Waals surface area contributed by atoms with Crippen LogP contribution in [0.25, 0.3) is 16.7 Å². The molecule has 2 bridgehead atoms. The van der Waals surface area contributed by atoms with Gasteiger partial charge in [-0.3, -0.25) is 14.5 Å². The van der Waals surface area contributed by atoms with Gasteiger partial charge in [0, 0.05) is 30.5 Å².